The van der Waals surface area contributed by atoms with Crippen LogP contribution < -0.4 is 0 Å². The molecule has 0 spiro atoms. The summed E-state index contributed by atoms with van der Waals surface area (Å²) >= 11 is 5.46. The molecule has 0 aliphatic rings. The number of carbonyl (C=O) groups excluding carboxylic acids is 5. The van der Waals surface area contributed by atoms with Gasteiger partial charge in [0.25, 0.3) is 32.4 Å². The van der Waals surface area contributed by atoms with Crippen LogP contribution in [0, 0.1) is 0 Å². The number of phenols is 4. The lowest BCUT2D eigenvalue weighted by Gasteiger charge is -1.99. The highest BCUT2D eigenvalue weighted by Crippen LogP contribution is 2.25. The summed E-state index contributed by atoms with van der Waals surface area (Å²) in [6.07, 6.45) is 1.96. The van der Waals surface area contributed by atoms with Crippen molar-refractivity contribution in [3.8, 4) is 23.0 Å². The van der Waals surface area contributed by atoms with Crippen molar-refractivity contribution in [3.05, 3.63) is 119 Å². The molecule has 0 radical (unpaired) electrons. The highest BCUT2D eigenvalue weighted by atomic mass is 33.1. The number of phenolic OH excluding ortho intramolecular Hbond substituents is 3. The molecule has 4 rings (SSSR count). The number of ether oxygens (including phenoxy) is 5. The van der Waals surface area contributed by atoms with Gasteiger partial charge in [0.2, 0.25) is 0 Å². The number of hydrogen-bond donors (Lipinski definition) is 13. The minimum absolute atomic E-state index is 0.0207. The van der Waals surface area contributed by atoms with E-state index in [2.05, 4.69) is 23.7 Å². The van der Waals surface area contributed by atoms with Gasteiger partial charge in [-0.2, -0.15) is 0 Å². The molecule has 0 unspecified atom stereocenters. The Morgan fingerprint density at radius 1 is 0.333 bits per heavy atom. The van der Waals surface area contributed by atoms with Gasteiger partial charge in [-0.15, -0.1) is 47.0 Å². The van der Waals surface area contributed by atoms with E-state index in [1.807, 2.05) is 0 Å². The van der Waals surface area contributed by atoms with Crippen molar-refractivity contribution in [1.82, 2.24) is 0 Å². The highest BCUT2D eigenvalue weighted by molar-refractivity contribution is 8.77. The monoisotopic (exact) mass is 1590 g/mol. The summed E-state index contributed by atoms with van der Waals surface area (Å²) in [6.45, 7) is 2.80. The second kappa shape index (κ2) is 74.4. The molecular weight excluding hydrogens is 1520 g/mol. The van der Waals surface area contributed by atoms with Gasteiger partial charge in [0.05, 0.1) is 41.2 Å². The van der Waals surface area contributed by atoms with Gasteiger partial charge < -0.3 is 90.1 Å². The van der Waals surface area contributed by atoms with Gasteiger partial charge in [-0.05, 0) is 79.6 Å². The maximum absolute atomic E-state index is 10.3. The number of hydrogen-bond acceptors (Lipinski definition) is 33. The topological polar surface area (TPSA) is 548 Å². The summed E-state index contributed by atoms with van der Waals surface area (Å²) in [5.41, 5.74) is 0.387. The highest BCUT2D eigenvalue weighted by Gasteiger charge is 2.08. The maximum Gasteiger partial charge on any atom is 0.339 e. The van der Waals surface area contributed by atoms with Crippen molar-refractivity contribution < 1.29 is 157 Å². The first-order valence-corrected chi connectivity index (χ1v) is 38.7. The molecule has 4 aromatic carbocycles. The van der Waals surface area contributed by atoms with Crippen LogP contribution in [0.1, 0.15) is 67.1 Å². The van der Waals surface area contributed by atoms with E-state index >= 15 is 0 Å². The van der Waals surface area contributed by atoms with Crippen LogP contribution in [0.5, 0.6) is 23.0 Å². The number of aromatic hydroxyl groups is 4. The minimum Gasteiger partial charge on any atom is -0.508 e. The number of carbonyl (C=O) groups is 14. The molecule has 0 fully saturated rings. The van der Waals surface area contributed by atoms with Gasteiger partial charge in [-0.3, -0.25) is 47.9 Å². The Hall–Kier alpha value is -7.84. The molecule has 0 saturated heterocycles. The Bertz CT molecular complexity index is 2830. The number of carboxylic acid groups (broad SMARTS) is 9. The van der Waals surface area contributed by atoms with Gasteiger partial charge in [-0.1, -0.05) is 95.1 Å². The van der Waals surface area contributed by atoms with Gasteiger partial charge in [0, 0.05) is 46.0 Å². The quantitative estimate of drug-likeness (QED) is 0.00490. The fraction of sp³-hybridized carbons (Fsp3) is 0.333. The average molecular weight is 1590 g/mol. The zero-order valence-corrected chi connectivity index (χ0v) is 59.9. The van der Waals surface area contributed by atoms with E-state index in [1.54, 1.807) is 64.1 Å². The van der Waals surface area contributed by atoms with Crippen molar-refractivity contribution in [2.45, 2.75) is 25.7 Å². The second-order valence-corrected chi connectivity index (χ2v) is 28.2. The van der Waals surface area contributed by atoms with Crippen LogP contribution in [0.15, 0.2) is 97.1 Å². The molecule has 552 valence electrons. The van der Waals surface area contributed by atoms with Gasteiger partial charge in [0.1, 0.15) is 47.2 Å². The van der Waals surface area contributed by atoms with Crippen LogP contribution in [0.2, 0.25) is 0 Å². The van der Waals surface area contributed by atoms with Gasteiger partial charge in [0.15, 0.2) is 11.5 Å². The van der Waals surface area contributed by atoms with Crippen LogP contribution in [0.3, 0.4) is 0 Å². The molecule has 42 heteroatoms. The van der Waals surface area contributed by atoms with E-state index in [0.29, 0.717) is 80.1 Å². The Kier molecular flexibility index (Phi) is 75.0. The molecule has 32 nitrogen and oxygen atoms in total. The summed E-state index contributed by atoms with van der Waals surface area (Å²) in [6, 6.07) is 22.8. The largest absolute Gasteiger partial charge is 0.508 e. The molecule has 99 heavy (non-hydrogen) atoms. The number of aliphatic carboxylic acids is 5. The lowest BCUT2D eigenvalue weighted by molar-refractivity contribution is -0.137. The zero-order valence-electron chi connectivity index (χ0n) is 51.7. The van der Waals surface area contributed by atoms with Crippen molar-refractivity contribution >= 4 is 198 Å². The zero-order chi connectivity index (χ0) is 75.7. The molecule has 13 N–H and O–H groups in total. The summed E-state index contributed by atoms with van der Waals surface area (Å²) in [7, 11) is 8.65. The molecule has 4 aromatic rings. The summed E-state index contributed by atoms with van der Waals surface area (Å²) < 4.78 is 22.0. The Balaban J connectivity index is -0.000000335. The van der Waals surface area contributed by atoms with E-state index in [-0.39, 0.29) is 75.9 Å². The van der Waals surface area contributed by atoms with Crippen molar-refractivity contribution in [3.63, 3.8) is 0 Å². The van der Waals surface area contributed by atoms with Crippen LogP contribution in [0.4, 0.5) is 0 Å². The fourth-order valence-corrected chi connectivity index (χ4v) is 12.6. The molecule has 0 aliphatic carbocycles. The standard InChI is InChI=1S/C8H14O4S2.C7H6O4.2C7H6O3.C7H6O2.2C6H10O4S2.C5H8O4S2.C4H6O4S2/c9-7-12-4-2-6-14-13-5-1-3-8(10)11;8-5-2-1-4(7(10)11)3-6(5)9;8-6-3-1-5(2-4-6)7(9)10;8-6-4-2-1-3-5(6)7(9)10;8-7(9)6-4-2-1-3-5-6;7-5-10-2-4-12-11-3-1-6(8)9;7-4-10-5-12-2-1-11-3-6(8)9;6-2-9-3-11-4-10-1-5(7)8;5-2-8-3-10-9-1-4(6)7/h7H,1-6H2,(H,10,11);1-3,8-9H,(H,10,11);2*1-4,8H,(H,9,10);1-5H,(H,8,9);5H,1-4H2,(H,8,9);4H,1-3,5H2,(H,8,9);2H,1,3-4H2,(H,7,8);2H,1,3H2,(H,6,7). The number of para-hydroxylation sites is 1. The normalized spacial score (nSPS) is 9.25. The number of carboxylic acids is 9. The summed E-state index contributed by atoms with van der Waals surface area (Å²) in [4.78, 5) is 139. The number of aromatic carboxylic acids is 4. The summed E-state index contributed by atoms with van der Waals surface area (Å²) in [5, 5.41) is 111. The smallest absolute Gasteiger partial charge is 0.339 e. The molecular formula is C57H72O32S10. The second-order valence-electron chi connectivity index (χ2n) is 15.9. The average Bonchev–Trinajstić information content (AvgIpc) is 1.04. The number of rotatable bonds is 43. The first kappa shape index (κ1) is 99.8. The van der Waals surface area contributed by atoms with Crippen LogP contribution in [-0.4, -0.2) is 240 Å². The molecule has 0 aliphatic heterocycles. The van der Waals surface area contributed by atoms with Crippen LogP contribution in [0.25, 0.3) is 0 Å². The van der Waals surface area contributed by atoms with Crippen LogP contribution in [-0.2, 0) is 71.6 Å². The molecule has 0 saturated carbocycles. The van der Waals surface area contributed by atoms with E-state index in [0.717, 1.165) is 52.4 Å². The predicted molar refractivity (Wildman–Crippen MR) is 382 cm³/mol. The summed E-state index contributed by atoms with van der Waals surface area (Å²) in [5.74, 6) is -3.32. The molecule has 0 atom stereocenters. The molecule has 0 bridgehead atoms. The number of thioether (sulfide) groups is 4. The first-order valence-electron chi connectivity index (χ1n) is 26.7. The van der Waals surface area contributed by atoms with Crippen molar-refractivity contribution in [2.24, 2.45) is 0 Å². The first-order chi connectivity index (χ1) is 47.2. The van der Waals surface area contributed by atoms with Gasteiger partial charge >= 0.3 is 53.7 Å². The van der Waals surface area contributed by atoms with Gasteiger partial charge in [-0.25, -0.2) is 19.2 Å². The third kappa shape index (κ3) is 79.0. The van der Waals surface area contributed by atoms with Crippen molar-refractivity contribution in [1.29, 1.82) is 0 Å². The fourth-order valence-electron chi connectivity index (χ4n) is 4.41. The molecule has 0 heterocycles. The maximum atomic E-state index is 10.3. The lowest BCUT2D eigenvalue weighted by Crippen LogP contribution is -2.00. The molecule has 0 aromatic heterocycles. The van der Waals surface area contributed by atoms with Crippen LogP contribution >= 0.6 is 112 Å². The van der Waals surface area contributed by atoms with E-state index in [4.69, 9.17) is 66.4 Å². The SMILES string of the molecule is O=C(O)c1ccc(O)c(O)c1.O=C(O)c1ccc(O)cc1.O=C(O)c1ccccc1.O=C(O)c1ccccc1O.O=COCCCSSCCCC(=O)O.O=COCCSSCCC(=O)O.O=COCSCCSCC(=O)O.O=COCSCSCC(=O)O.O=COCSSCC(=O)O. The Morgan fingerprint density at radius 3 is 1.27 bits per heavy atom. The third-order valence-corrected chi connectivity index (χ3v) is 19.4. The van der Waals surface area contributed by atoms with E-state index in [9.17, 15) is 67.1 Å². The third-order valence-electron chi connectivity index (χ3n) is 8.47. The predicted octanol–water partition coefficient (Wildman–Crippen LogP) is 9.05. The number of benzene rings is 4. The van der Waals surface area contributed by atoms with E-state index in [1.165, 1.54) is 122 Å². The molecule has 0 amide bonds. The van der Waals surface area contributed by atoms with E-state index < -0.39 is 59.5 Å². The lowest BCUT2D eigenvalue weighted by atomic mass is 10.2. The Labute approximate surface area is 606 Å². The van der Waals surface area contributed by atoms with Crippen molar-refractivity contribution in [2.75, 3.05) is 87.9 Å². The minimum atomic E-state index is -1.14. The Morgan fingerprint density at radius 2 is 0.788 bits per heavy atom.